The van der Waals surface area contributed by atoms with Crippen LogP contribution in [0.15, 0.2) is 24.3 Å². The number of ether oxygens (including phenoxy) is 1. The molecular weight excluding hydrogens is 162 g/mol. The standard InChI is InChI=1S/C11H17NO/c1-9(7-8-13-2)10-3-5-11(12)6-4-10/h3-6,9H,7-8,12H2,1-2H3. The number of rotatable bonds is 4. The highest BCUT2D eigenvalue weighted by molar-refractivity contribution is 5.40. The van der Waals surface area contributed by atoms with Gasteiger partial charge in [0.05, 0.1) is 0 Å². The molecule has 0 bridgehead atoms. The van der Waals surface area contributed by atoms with E-state index in [1.807, 2.05) is 12.1 Å². The van der Waals surface area contributed by atoms with Crippen LogP contribution < -0.4 is 5.73 Å². The van der Waals surface area contributed by atoms with Gasteiger partial charge in [0.25, 0.3) is 0 Å². The van der Waals surface area contributed by atoms with Crippen LogP contribution in [0.3, 0.4) is 0 Å². The van der Waals surface area contributed by atoms with Crippen molar-refractivity contribution in [1.29, 1.82) is 0 Å². The average Bonchev–Trinajstić information content (AvgIpc) is 2.15. The fourth-order valence-corrected chi connectivity index (χ4v) is 1.29. The van der Waals surface area contributed by atoms with E-state index in [2.05, 4.69) is 19.1 Å². The Morgan fingerprint density at radius 1 is 1.31 bits per heavy atom. The molecular formula is C11H17NO. The van der Waals surface area contributed by atoms with Crippen molar-refractivity contribution >= 4 is 5.69 Å². The zero-order valence-electron chi connectivity index (χ0n) is 8.29. The van der Waals surface area contributed by atoms with E-state index in [0.29, 0.717) is 5.92 Å². The van der Waals surface area contributed by atoms with Crippen molar-refractivity contribution in [2.24, 2.45) is 0 Å². The minimum absolute atomic E-state index is 0.542. The molecule has 2 nitrogen and oxygen atoms in total. The van der Waals surface area contributed by atoms with Gasteiger partial charge >= 0.3 is 0 Å². The summed E-state index contributed by atoms with van der Waals surface area (Å²) in [6.07, 6.45) is 1.06. The molecule has 72 valence electrons. The van der Waals surface area contributed by atoms with Gasteiger partial charge in [-0.05, 0) is 30.0 Å². The Balaban J connectivity index is 2.55. The first-order valence-electron chi connectivity index (χ1n) is 4.58. The Morgan fingerprint density at radius 2 is 1.92 bits per heavy atom. The van der Waals surface area contributed by atoms with Crippen LogP contribution in [-0.4, -0.2) is 13.7 Å². The van der Waals surface area contributed by atoms with Gasteiger partial charge in [-0.15, -0.1) is 0 Å². The number of benzene rings is 1. The van der Waals surface area contributed by atoms with E-state index in [1.165, 1.54) is 5.56 Å². The molecule has 0 radical (unpaired) electrons. The molecule has 0 aliphatic heterocycles. The lowest BCUT2D eigenvalue weighted by atomic mass is 9.98. The molecule has 1 rings (SSSR count). The highest BCUT2D eigenvalue weighted by Gasteiger charge is 2.03. The second-order valence-electron chi connectivity index (χ2n) is 3.35. The van der Waals surface area contributed by atoms with Gasteiger partial charge in [-0.25, -0.2) is 0 Å². The molecule has 1 aromatic rings. The van der Waals surface area contributed by atoms with Crippen molar-refractivity contribution in [2.45, 2.75) is 19.3 Å². The molecule has 0 saturated heterocycles. The molecule has 0 spiro atoms. The first-order chi connectivity index (χ1) is 6.24. The van der Waals surface area contributed by atoms with Crippen LogP contribution in [0.1, 0.15) is 24.8 Å². The van der Waals surface area contributed by atoms with E-state index in [1.54, 1.807) is 7.11 Å². The predicted molar refractivity (Wildman–Crippen MR) is 55.8 cm³/mol. The van der Waals surface area contributed by atoms with Gasteiger partial charge in [-0.3, -0.25) is 0 Å². The summed E-state index contributed by atoms with van der Waals surface area (Å²) in [6, 6.07) is 8.04. The average molecular weight is 179 g/mol. The number of nitrogens with two attached hydrogens (primary N) is 1. The fourth-order valence-electron chi connectivity index (χ4n) is 1.29. The first-order valence-corrected chi connectivity index (χ1v) is 4.58. The monoisotopic (exact) mass is 179 g/mol. The van der Waals surface area contributed by atoms with Crippen molar-refractivity contribution in [3.63, 3.8) is 0 Å². The highest BCUT2D eigenvalue weighted by atomic mass is 16.5. The zero-order valence-corrected chi connectivity index (χ0v) is 8.29. The van der Waals surface area contributed by atoms with Gasteiger partial charge in [-0.1, -0.05) is 19.1 Å². The molecule has 0 aliphatic rings. The fraction of sp³-hybridized carbons (Fsp3) is 0.455. The lowest BCUT2D eigenvalue weighted by Gasteiger charge is -2.10. The Hall–Kier alpha value is -1.02. The quantitative estimate of drug-likeness (QED) is 0.720. The Kier molecular flexibility index (Phi) is 3.77. The molecule has 0 fully saturated rings. The molecule has 0 amide bonds. The zero-order chi connectivity index (χ0) is 9.68. The smallest absolute Gasteiger partial charge is 0.0467 e. The van der Waals surface area contributed by atoms with Gasteiger partial charge in [0, 0.05) is 19.4 Å². The lowest BCUT2D eigenvalue weighted by Crippen LogP contribution is -1.98. The normalized spacial score (nSPS) is 12.8. The Bertz CT molecular complexity index is 243. The predicted octanol–water partition coefficient (Wildman–Crippen LogP) is 2.41. The minimum Gasteiger partial charge on any atom is -0.399 e. The van der Waals surface area contributed by atoms with Crippen molar-refractivity contribution < 1.29 is 4.74 Å². The molecule has 0 aliphatic carbocycles. The maximum absolute atomic E-state index is 5.60. The van der Waals surface area contributed by atoms with Gasteiger partial charge < -0.3 is 10.5 Å². The number of hydrogen-bond donors (Lipinski definition) is 1. The SMILES string of the molecule is COCCC(C)c1ccc(N)cc1. The van der Waals surface area contributed by atoms with Crippen LogP contribution >= 0.6 is 0 Å². The molecule has 1 unspecified atom stereocenters. The molecule has 0 heterocycles. The topological polar surface area (TPSA) is 35.2 Å². The number of methoxy groups -OCH3 is 1. The largest absolute Gasteiger partial charge is 0.399 e. The second-order valence-corrected chi connectivity index (χ2v) is 3.35. The maximum atomic E-state index is 5.60. The van der Waals surface area contributed by atoms with E-state index in [9.17, 15) is 0 Å². The summed E-state index contributed by atoms with van der Waals surface area (Å²) in [4.78, 5) is 0. The molecule has 1 atom stereocenters. The molecule has 0 aromatic heterocycles. The molecule has 2 heteroatoms. The number of anilines is 1. The van der Waals surface area contributed by atoms with E-state index >= 15 is 0 Å². The molecule has 1 aromatic carbocycles. The third-order valence-corrected chi connectivity index (χ3v) is 2.26. The van der Waals surface area contributed by atoms with Gasteiger partial charge in [-0.2, -0.15) is 0 Å². The van der Waals surface area contributed by atoms with E-state index in [0.717, 1.165) is 18.7 Å². The van der Waals surface area contributed by atoms with Gasteiger partial charge in [0.2, 0.25) is 0 Å². The van der Waals surface area contributed by atoms with Crippen LogP contribution in [-0.2, 0) is 4.74 Å². The Morgan fingerprint density at radius 3 is 2.46 bits per heavy atom. The van der Waals surface area contributed by atoms with Crippen LogP contribution in [0.2, 0.25) is 0 Å². The van der Waals surface area contributed by atoms with Crippen LogP contribution in [0.25, 0.3) is 0 Å². The van der Waals surface area contributed by atoms with Crippen molar-refractivity contribution in [1.82, 2.24) is 0 Å². The minimum atomic E-state index is 0.542. The summed E-state index contributed by atoms with van der Waals surface area (Å²) in [5, 5.41) is 0. The molecule has 2 N–H and O–H groups in total. The number of hydrogen-bond acceptors (Lipinski definition) is 2. The second kappa shape index (κ2) is 4.87. The van der Waals surface area contributed by atoms with Gasteiger partial charge in [0.15, 0.2) is 0 Å². The van der Waals surface area contributed by atoms with E-state index in [4.69, 9.17) is 10.5 Å². The van der Waals surface area contributed by atoms with Crippen molar-refractivity contribution in [2.75, 3.05) is 19.5 Å². The van der Waals surface area contributed by atoms with Crippen LogP contribution in [0.4, 0.5) is 5.69 Å². The van der Waals surface area contributed by atoms with Crippen LogP contribution in [0.5, 0.6) is 0 Å². The maximum Gasteiger partial charge on any atom is 0.0467 e. The third-order valence-electron chi connectivity index (χ3n) is 2.26. The summed E-state index contributed by atoms with van der Waals surface area (Å²) >= 11 is 0. The third kappa shape index (κ3) is 3.07. The summed E-state index contributed by atoms with van der Waals surface area (Å²) in [5.41, 5.74) is 7.75. The first kappa shape index (κ1) is 10.1. The highest BCUT2D eigenvalue weighted by Crippen LogP contribution is 2.19. The molecule has 13 heavy (non-hydrogen) atoms. The summed E-state index contributed by atoms with van der Waals surface area (Å²) in [5.74, 6) is 0.542. The summed E-state index contributed by atoms with van der Waals surface area (Å²) in [7, 11) is 1.73. The van der Waals surface area contributed by atoms with E-state index < -0.39 is 0 Å². The van der Waals surface area contributed by atoms with E-state index in [-0.39, 0.29) is 0 Å². The lowest BCUT2D eigenvalue weighted by molar-refractivity contribution is 0.189. The number of nitrogen functional groups attached to an aromatic ring is 1. The summed E-state index contributed by atoms with van der Waals surface area (Å²) < 4.78 is 5.03. The van der Waals surface area contributed by atoms with Crippen LogP contribution in [0, 0.1) is 0 Å². The molecule has 0 saturated carbocycles. The Labute approximate surface area is 79.7 Å². The van der Waals surface area contributed by atoms with Gasteiger partial charge in [0.1, 0.15) is 0 Å². The van der Waals surface area contributed by atoms with Crippen molar-refractivity contribution in [3.05, 3.63) is 29.8 Å². The summed E-state index contributed by atoms with van der Waals surface area (Å²) in [6.45, 7) is 3.01. The van der Waals surface area contributed by atoms with Crippen molar-refractivity contribution in [3.8, 4) is 0 Å².